The number of ether oxygens (including phenoxy) is 3. The molecule has 0 atom stereocenters. The summed E-state index contributed by atoms with van der Waals surface area (Å²) in [6.45, 7) is -2.70. The van der Waals surface area contributed by atoms with Crippen molar-refractivity contribution in [1.29, 1.82) is 0 Å². The predicted molar refractivity (Wildman–Crippen MR) is 88.9 cm³/mol. The first-order chi connectivity index (χ1) is 13.0. The number of benzene rings is 2. The molecule has 0 radical (unpaired) electrons. The highest BCUT2D eigenvalue weighted by Gasteiger charge is 2.26. The van der Waals surface area contributed by atoms with E-state index in [1.54, 1.807) is 6.07 Å². The van der Waals surface area contributed by atoms with Crippen molar-refractivity contribution in [3.63, 3.8) is 0 Å². The van der Waals surface area contributed by atoms with Gasteiger partial charge in [-0.25, -0.2) is 9.18 Å². The van der Waals surface area contributed by atoms with E-state index in [2.05, 4.69) is 10.1 Å². The predicted octanol–water partition coefficient (Wildman–Crippen LogP) is 3.43. The number of amides is 2. The summed E-state index contributed by atoms with van der Waals surface area (Å²) >= 11 is 0. The highest BCUT2D eigenvalue weighted by atomic mass is 19.3. The van der Waals surface area contributed by atoms with Crippen LogP contribution in [0.25, 0.3) is 0 Å². The van der Waals surface area contributed by atoms with Crippen molar-refractivity contribution in [1.82, 2.24) is 5.32 Å². The molecule has 2 amide bonds. The van der Waals surface area contributed by atoms with Gasteiger partial charge in [0.2, 0.25) is 6.79 Å². The molecule has 2 aromatic carbocycles. The summed E-state index contributed by atoms with van der Waals surface area (Å²) < 4.78 is 53.7. The molecule has 0 aliphatic carbocycles. The molecule has 0 saturated carbocycles. The average Bonchev–Trinajstić information content (AvgIpc) is 3.24. The summed E-state index contributed by atoms with van der Waals surface area (Å²) in [6.07, 6.45) is 0.618. The molecule has 2 aromatic rings. The molecule has 2 heterocycles. The van der Waals surface area contributed by atoms with E-state index in [1.807, 2.05) is 0 Å². The first kappa shape index (κ1) is 17.3. The Labute approximate surface area is 152 Å². The van der Waals surface area contributed by atoms with Crippen LogP contribution < -0.4 is 24.4 Å². The molecule has 0 spiro atoms. The fourth-order valence-electron chi connectivity index (χ4n) is 3.14. The topological polar surface area (TPSA) is 60.0 Å². The van der Waals surface area contributed by atoms with Crippen LogP contribution in [0.2, 0.25) is 0 Å². The Hall–Kier alpha value is -3.10. The summed E-state index contributed by atoms with van der Waals surface area (Å²) in [7, 11) is 0. The zero-order chi connectivity index (χ0) is 19.0. The number of fused-ring (bicyclic) bond motifs is 2. The molecule has 0 bridgehead atoms. The minimum Gasteiger partial charge on any atom is -0.454 e. The van der Waals surface area contributed by atoms with Gasteiger partial charge in [0.05, 0.1) is 5.69 Å². The van der Waals surface area contributed by atoms with Crippen molar-refractivity contribution >= 4 is 11.7 Å². The van der Waals surface area contributed by atoms with E-state index in [-0.39, 0.29) is 19.1 Å². The Morgan fingerprint density at radius 2 is 2.00 bits per heavy atom. The van der Waals surface area contributed by atoms with Crippen molar-refractivity contribution in [2.75, 3.05) is 18.2 Å². The minimum absolute atomic E-state index is 0.0185. The van der Waals surface area contributed by atoms with Crippen molar-refractivity contribution in [2.45, 2.75) is 19.6 Å². The van der Waals surface area contributed by atoms with Gasteiger partial charge in [0.25, 0.3) is 0 Å². The number of hydrogen-bond donors (Lipinski definition) is 1. The van der Waals surface area contributed by atoms with Crippen molar-refractivity contribution in [3.8, 4) is 17.2 Å². The van der Waals surface area contributed by atoms with Crippen LogP contribution in [-0.4, -0.2) is 26.0 Å². The largest absolute Gasteiger partial charge is 0.454 e. The van der Waals surface area contributed by atoms with Gasteiger partial charge in [0.15, 0.2) is 11.5 Å². The van der Waals surface area contributed by atoms with E-state index < -0.39 is 18.5 Å². The Balaban J connectivity index is 1.51. The maximum atomic E-state index is 13.5. The number of urea groups is 1. The van der Waals surface area contributed by atoms with E-state index in [4.69, 9.17) is 9.47 Å². The molecule has 1 N–H and O–H groups in total. The van der Waals surface area contributed by atoms with Gasteiger partial charge in [0.1, 0.15) is 11.6 Å². The number of carbonyl (C=O) groups is 1. The van der Waals surface area contributed by atoms with Crippen LogP contribution in [0.3, 0.4) is 0 Å². The van der Waals surface area contributed by atoms with E-state index in [0.717, 1.165) is 5.56 Å². The van der Waals surface area contributed by atoms with Crippen LogP contribution >= 0.6 is 0 Å². The smallest absolute Gasteiger partial charge is 0.387 e. The lowest BCUT2D eigenvalue weighted by Crippen LogP contribution is -2.38. The van der Waals surface area contributed by atoms with Gasteiger partial charge < -0.3 is 19.5 Å². The van der Waals surface area contributed by atoms with E-state index >= 15 is 0 Å². The summed E-state index contributed by atoms with van der Waals surface area (Å²) in [5, 5.41) is 2.65. The van der Waals surface area contributed by atoms with Crippen LogP contribution in [0.4, 0.5) is 23.7 Å². The molecule has 0 unspecified atom stereocenters. The third-order valence-corrected chi connectivity index (χ3v) is 4.39. The van der Waals surface area contributed by atoms with Crippen LogP contribution in [0.5, 0.6) is 17.2 Å². The van der Waals surface area contributed by atoms with Crippen LogP contribution in [0, 0.1) is 5.82 Å². The highest BCUT2D eigenvalue weighted by Crippen LogP contribution is 2.38. The number of hydrogen-bond acceptors (Lipinski definition) is 4. The number of alkyl halides is 2. The lowest BCUT2D eigenvalue weighted by Gasteiger charge is -2.19. The van der Waals surface area contributed by atoms with Crippen LogP contribution in [0.1, 0.15) is 11.1 Å². The fourth-order valence-corrected chi connectivity index (χ4v) is 3.14. The molecule has 27 heavy (non-hydrogen) atoms. The number of nitrogens with one attached hydrogen (secondary N) is 1. The van der Waals surface area contributed by atoms with Crippen molar-refractivity contribution in [3.05, 3.63) is 47.3 Å². The van der Waals surface area contributed by atoms with Gasteiger partial charge in [-0.2, -0.15) is 8.78 Å². The van der Waals surface area contributed by atoms with E-state index in [0.29, 0.717) is 35.7 Å². The van der Waals surface area contributed by atoms with E-state index in [1.165, 1.54) is 29.2 Å². The standard InChI is InChI=1S/C18H15F3N2O4/c19-12-2-1-10-3-4-23(13(10)6-12)18(24)22-8-11-5-15-16(26-9-25-15)7-14(11)27-17(20)21/h1-2,5-7,17H,3-4,8-9H2,(H,22,24). The Morgan fingerprint density at radius 1 is 1.22 bits per heavy atom. The normalized spacial score (nSPS) is 14.4. The second-order valence-corrected chi connectivity index (χ2v) is 6.03. The van der Waals surface area contributed by atoms with Gasteiger partial charge in [-0.05, 0) is 30.2 Å². The molecule has 9 heteroatoms. The number of nitrogens with zero attached hydrogens (tertiary/aromatic N) is 1. The molecule has 2 aliphatic rings. The second-order valence-electron chi connectivity index (χ2n) is 6.03. The molecule has 2 aliphatic heterocycles. The molecule has 0 aromatic heterocycles. The van der Waals surface area contributed by atoms with Gasteiger partial charge in [-0.3, -0.25) is 4.90 Å². The quantitative estimate of drug-likeness (QED) is 0.883. The van der Waals surface area contributed by atoms with Gasteiger partial charge in [-0.15, -0.1) is 0 Å². The Kier molecular flexibility index (Phi) is 4.43. The number of rotatable bonds is 4. The van der Waals surface area contributed by atoms with Crippen molar-refractivity contribution in [2.24, 2.45) is 0 Å². The summed E-state index contributed by atoms with van der Waals surface area (Å²) in [5.41, 5.74) is 1.69. The van der Waals surface area contributed by atoms with Gasteiger partial charge in [-0.1, -0.05) is 6.07 Å². The molecule has 0 fully saturated rings. The fraction of sp³-hybridized carbons (Fsp3) is 0.278. The zero-order valence-corrected chi connectivity index (χ0v) is 14.0. The molecule has 4 rings (SSSR count). The first-order valence-electron chi connectivity index (χ1n) is 8.22. The van der Waals surface area contributed by atoms with Crippen LogP contribution in [-0.2, 0) is 13.0 Å². The van der Waals surface area contributed by atoms with Gasteiger partial charge >= 0.3 is 12.6 Å². The minimum atomic E-state index is -3.02. The third kappa shape index (κ3) is 3.44. The lowest BCUT2D eigenvalue weighted by molar-refractivity contribution is -0.0505. The molecule has 142 valence electrons. The zero-order valence-electron chi connectivity index (χ0n) is 14.0. The number of anilines is 1. The molecular weight excluding hydrogens is 365 g/mol. The summed E-state index contributed by atoms with van der Waals surface area (Å²) in [6, 6.07) is 6.62. The van der Waals surface area contributed by atoms with Crippen LogP contribution in [0.15, 0.2) is 30.3 Å². The second kappa shape index (κ2) is 6.90. The van der Waals surface area contributed by atoms with E-state index in [9.17, 15) is 18.0 Å². The Morgan fingerprint density at radius 3 is 2.78 bits per heavy atom. The third-order valence-electron chi connectivity index (χ3n) is 4.39. The molecule has 0 saturated heterocycles. The average molecular weight is 380 g/mol. The highest BCUT2D eigenvalue weighted by molar-refractivity contribution is 5.94. The molecular formula is C18H15F3N2O4. The SMILES string of the molecule is O=C(NCc1cc2c(cc1OC(F)F)OCO2)N1CCc2ccc(F)cc21. The van der Waals surface area contributed by atoms with Gasteiger partial charge in [0, 0.05) is 24.7 Å². The first-order valence-corrected chi connectivity index (χ1v) is 8.22. The lowest BCUT2D eigenvalue weighted by atomic mass is 10.1. The summed E-state index contributed by atoms with van der Waals surface area (Å²) in [4.78, 5) is 13.9. The molecule has 6 nitrogen and oxygen atoms in total. The summed E-state index contributed by atoms with van der Waals surface area (Å²) in [5.74, 6) is 0.137. The Bertz CT molecular complexity index is 891. The number of halogens is 3. The monoisotopic (exact) mass is 380 g/mol. The van der Waals surface area contributed by atoms with Crippen molar-refractivity contribution < 1.29 is 32.2 Å². The maximum absolute atomic E-state index is 13.5. The number of carbonyl (C=O) groups excluding carboxylic acids is 1. The maximum Gasteiger partial charge on any atom is 0.387 e.